The van der Waals surface area contributed by atoms with Gasteiger partial charge in [0, 0.05) is 53.9 Å². The molecule has 0 amide bonds. The monoisotopic (exact) mass is 519 g/mol. The molecule has 1 saturated heterocycles. The Balaban J connectivity index is 1.32. The summed E-state index contributed by atoms with van der Waals surface area (Å²) in [4.78, 5) is 2.12. The third kappa shape index (κ3) is 5.17. The number of nitrogens with zero attached hydrogens (tertiary/aromatic N) is 2. The summed E-state index contributed by atoms with van der Waals surface area (Å²) < 4.78 is 2.21. The lowest BCUT2D eigenvalue weighted by Crippen LogP contribution is -2.47. The van der Waals surface area contributed by atoms with Crippen molar-refractivity contribution in [3.63, 3.8) is 0 Å². The van der Waals surface area contributed by atoms with Crippen molar-refractivity contribution < 1.29 is 5.11 Å². The molecule has 5 rings (SSSR count). The Bertz CT molecular complexity index is 1370. The molecule has 0 unspecified atom stereocenters. The van der Waals surface area contributed by atoms with Crippen molar-refractivity contribution in [2.45, 2.75) is 37.7 Å². The van der Waals surface area contributed by atoms with Crippen LogP contribution in [0.25, 0.3) is 22.2 Å². The van der Waals surface area contributed by atoms with E-state index in [9.17, 15) is 5.11 Å². The number of hydrogen-bond donors (Lipinski definition) is 2. The van der Waals surface area contributed by atoms with Crippen molar-refractivity contribution in [1.29, 1.82) is 5.41 Å². The smallest absolute Gasteiger partial charge is 0.0961 e. The number of aliphatic hydroxyl groups is 1. The van der Waals surface area contributed by atoms with Crippen LogP contribution in [-0.2, 0) is 19.9 Å². The SMILES string of the molecule is Cn1c(-c2ccc(Cl)cc2)c(CCC(=N)N2CCC(O)(Cc3ccccc3)CC2)c2cc(Cl)ccc21. The van der Waals surface area contributed by atoms with Gasteiger partial charge in [-0.1, -0.05) is 65.7 Å². The molecule has 1 aromatic heterocycles. The van der Waals surface area contributed by atoms with Gasteiger partial charge in [0.1, 0.15) is 0 Å². The Labute approximate surface area is 222 Å². The van der Waals surface area contributed by atoms with Gasteiger partial charge in [-0.2, -0.15) is 0 Å². The minimum atomic E-state index is -0.702. The number of likely N-dealkylation sites (tertiary alicyclic amines) is 1. The second kappa shape index (κ2) is 10.3. The molecule has 2 N–H and O–H groups in total. The minimum Gasteiger partial charge on any atom is -0.389 e. The predicted molar refractivity (Wildman–Crippen MR) is 150 cm³/mol. The highest BCUT2D eigenvalue weighted by Crippen LogP contribution is 2.36. The van der Waals surface area contributed by atoms with Crippen LogP contribution < -0.4 is 0 Å². The molecule has 0 aliphatic carbocycles. The fourth-order valence-corrected chi connectivity index (χ4v) is 5.77. The van der Waals surface area contributed by atoms with Gasteiger partial charge < -0.3 is 14.6 Å². The number of halogens is 2. The van der Waals surface area contributed by atoms with Gasteiger partial charge in [0.15, 0.2) is 0 Å². The zero-order valence-electron chi connectivity index (χ0n) is 20.5. The average molecular weight is 521 g/mol. The number of aryl methyl sites for hydroxylation is 2. The van der Waals surface area contributed by atoms with Gasteiger partial charge in [-0.15, -0.1) is 0 Å². The molecule has 0 saturated carbocycles. The molecule has 4 aromatic rings. The Morgan fingerprint density at radius 2 is 1.61 bits per heavy atom. The van der Waals surface area contributed by atoms with Gasteiger partial charge in [-0.25, -0.2) is 0 Å². The third-order valence-corrected chi connectivity index (χ3v) is 7.93. The van der Waals surface area contributed by atoms with E-state index in [2.05, 4.69) is 34.7 Å². The van der Waals surface area contributed by atoms with E-state index >= 15 is 0 Å². The highest BCUT2D eigenvalue weighted by molar-refractivity contribution is 6.31. The summed E-state index contributed by atoms with van der Waals surface area (Å²) in [5, 5.41) is 22.5. The number of nitrogens with one attached hydrogen (secondary N) is 1. The fraction of sp³-hybridized carbons (Fsp3) is 0.300. The zero-order chi connectivity index (χ0) is 25.3. The van der Waals surface area contributed by atoms with Crippen molar-refractivity contribution in [2.24, 2.45) is 7.05 Å². The molecule has 0 atom stereocenters. The third-order valence-electron chi connectivity index (χ3n) is 7.45. The highest BCUT2D eigenvalue weighted by Gasteiger charge is 2.33. The van der Waals surface area contributed by atoms with Crippen LogP contribution in [0, 0.1) is 5.41 Å². The highest BCUT2D eigenvalue weighted by atomic mass is 35.5. The summed E-state index contributed by atoms with van der Waals surface area (Å²) in [6, 6.07) is 24.1. The van der Waals surface area contributed by atoms with Gasteiger partial charge in [0.2, 0.25) is 0 Å². The van der Waals surface area contributed by atoms with E-state index in [0.29, 0.717) is 54.7 Å². The molecule has 0 spiro atoms. The number of rotatable bonds is 6. The van der Waals surface area contributed by atoms with E-state index in [-0.39, 0.29) is 0 Å². The Hall–Kier alpha value is -2.79. The molecule has 186 valence electrons. The number of aromatic nitrogens is 1. The molecular weight excluding hydrogens is 489 g/mol. The first-order valence-electron chi connectivity index (χ1n) is 12.4. The van der Waals surface area contributed by atoms with Gasteiger partial charge in [-0.3, -0.25) is 5.41 Å². The van der Waals surface area contributed by atoms with E-state index in [1.807, 2.05) is 54.6 Å². The summed E-state index contributed by atoms with van der Waals surface area (Å²) in [7, 11) is 2.08. The van der Waals surface area contributed by atoms with E-state index in [1.54, 1.807) is 0 Å². The Morgan fingerprint density at radius 1 is 0.944 bits per heavy atom. The first-order valence-corrected chi connectivity index (χ1v) is 13.2. The number of amidine groups is 1. The van der Waals surface area contributed by atoms with Crippen molar-refractivity contribution in [1.82, 2.24) is 9.47 Å². The molecule has 4 nitrogen and oxygen atoms in total. The molecule has 0 radical (unpaired) electrons. The van der Waals surface area contributed by atoms with Crippen molar-refractivity contribution in [3.8, 4) is 11.3 Å². The van der Waals surface area contributed by atoms with E-state index in [4.69, 9.17) is 28.6 Å². The Morgan fingerprint density at radius 3 is 2.31 bits per heavy atom. The van der Waals surface area contributed by atoms with Crippen LogP contribution in [0.2, 0.25) is 10.0 Å². The zero-order valence-corrected chi connectivity index (χ0v) is 22.0. The van der Waals surface area contributed by atoms with Crippen LogP contribution in [0.1, 0.15) is 30.4 Å². The van der Waals surface area contributed by atoms with Crippen LogP contribution in [0.5, 0.6) is 0 Å². The summed E-state index contributed by atoms with van der Waals surface area (Å²) in [5.41, 5.74) is 5.00. The normalized spacial score (nSPS) is 15.4. The number of hydrogen-bond acceptors (Lipinski definition) is 2. The molecule has 1 aliphatic rings. The summed E-state index contributed by atoms with van der Waals surface area (Å²) in [6.07, 6.45) is 3.37. The lowest BCUT2D eigenvalue weighted by molar-refractivity contribution is -0.00735. The van der Waals surface area contributed by atoms with Gasteiger partial charge in [0.05, 0.1) is 17.1 Å². The molecule has 3 aromatic carbocycles. The van der Waals surface area contributed by atoms with Gasteiger partial charge in [-0.05, 0) is 66.3 Å². The standard InChI is InChI=1S/C30H31Cl2N3O/c1-34-27-13-11-24(32)19-26(27)25(29(34)22-7-9-23(31)10-8-22)12-14-28(33)35-17-15-30(36,16-18-35)20-21-5-3-2-4-6-21/h2-11,13,19,33,36H,12,14-18,20H2,1H3. The van der Waals surface area contributed by atoms with Crippen molar-refractivity contribution in [2.75, 3.05) is 13.1 Å². The molecule has 0 bridgehead atoms. The molecule has 2 heterocycles. The molecule has 1 aliphatic heterocycles. The second-order valence-corrected chi connectivity index (χ2v) is 10.7. The predicted octanol–water partition coefficient (Wildman–Crippen LogP) is 7.13. The van der Waals surface area contributed by atoms with Crippen LogP contribution in [0.4, 0.5) is 0 Å². The van der Waals surface area contributed by atoms with Crippen LogP contribution in [-0.4, -0.2) is 39.1 Å². The van der Waals surface area contributed by atoms with Gasteiger partial charge in [0.25, 0.3) is 0 Å². The average Bonchev–Trinajstić information content (AvgIpc) is 3.14. The van der Waals surface area contributed by atoms with E-state index in [1.165, 1.54) is 5.56 Å². The fourth-order valence-electron chi connectivity index (χ4n) is 5.47. The van der Waals surface area contributed by atoms with Crippen LogP contribution in [0.3, 0.4) is 0 Å². The molecule has 6 heteroatoms. The summed E-state index contributed by atoms with van der Waals surface area (Å²) in [5.74, 6) is 0.623. The molecular formula is C30H31Cl2N3O. The number of benzene rings is 3. The second-order valence-electron chi connectivity index (χ2n) is 9.88. The van der Waals surface area contributed by atoms with E-state index < -0.39 is 5.60 Å². The lowest BCUT2D eigenvalue weighted by atomic mass is 9.85. The van der Waals surface area contributed by atoms with Crippen LogP contribution in [0.15, 0.2) is 72.8 Å². The maximum absolute atomic E-state index is 11.1. The largest absolute Gasteiger partial charge is 0.389 e. The molecule has 1 fully saturated rings. The number of piperidine rings is 1. The maximum atomic E-state index is 11.1. The number of fused-ring (bicyclic) bond motifs is 1. The summed E-state index contributed by atoms with van der Waals surface area (Å²) in [6.45, 7) is 1.40. The first kappa shape index (κ1) is 24.9. The molecule has 36 heavy (non-hydrogen) atoms. The van der Waals surface area contributed by atoms with E-state index in [0.717, 1.165) is 34.1 Å². The van der Waals surface area contributed by atoms with Crippen LogP contribution >= 0.6 is 23.2 Å². The van der Waals surface area contributed by atoms with Crippen molar-refractivity contribution >= 4 is 39.9 Å². The summed E-state index contributed by atoms with van der Waals surface area (Å²) >= 11 is 12.5. The van der Waals surface area contributed by atoms with Crippen molar-refractivity contribution in [3.05, 3.63) is 94.0 Å². The quantitative estimate of drug-likeness (QED) is 0.210. The topological polar surface area (TPSA) is 52.2 Å². The minimum absolute atomic E-state index is 0.623. The van der Waals surface area contributed by atoms with Gasteiger partial charge >= 0.3 is 0 Å². The lowest BCUT2D eigenvalue weighted by Gasteiger charge is -2.39. The maximum Gasteiger partial charge on any atom is 0.0961 e. The Kier molecular flexibility index (Phi) is 7.11. The first-order chi connectivity index (χ1) is 17.3.